The van der Waals surface area contributed by atoms with Crippen LogP contribution in [0.5, 0.6) is 0 Å². The third-order valence-corrected chi connectivity index (χ3v) is 4.56. The van der Waals surface area contributed by atoms with E-state index in [0.29, 0.717) is 6.04 Å². The van der Waals surface area contributed by atoms with Crippen LogP contribution in [0.1, 0.15) is 51.1 Å². The summed E-state index contributed by atoms with van der Waals surface area (Å²) in [5, 5.41) is 3.51. The number of amides is 1. The van der Waals surface area contributed by atoms with Crippen molar-refractivity contribution in [3.05, 3.63) is 35.9 Å². The number of carbonyl (C=O) groups is 1. The maximum absolute atomic E-state index is 12.8. The molecule has 1 aliphatic heterocycles. The van der Waals surface area contributed by atoms with Gasteiger partial charge in [-0.1, -0.05) is 50.1 Å². The summed E-state index contributed by atoms with van der Waals surface area (Å²) < 4.78 is 0. The van der Waals surface area contributed by atoms with Crippen LogP contribution in [0.4, 0.5) is 0 Å². The summed E-state index contributed by atoms with van der Waals surface area (Å²) in [4.78, 5) is 14.9. The van der Waals surface area contributed by atoms with Crippen LogP contribution in [0.2, 0.25) is 0 Å². The van der Waals surface area contributed by atoms with Crippen molar-refractivity contribution < 1.29 is 4.79 Å². The molecule has 1 aromatic carbocycles. The molecule has 1 aliphatic carbocycles. The third-order valence-electron chi connectivity index (χ3n) is 4.56. The first kappa shape index (κ1) is 13.6. The van der Waals surface area contributed by atoms with Gasteiger partial charge in [-0.15, -0.1) is 0 Å². The molecular formula is C17H24N2O. The van der Waals surface area contributed by atoms with E-state index in [1.807, 2.05) is 30.3 Å². The predicted molar refractivity (Wildman–Crippen MR) is 80.0 cm³/mol. The van der Waals surface area contributed by atoms with E-state index in [-0.39, 0.29) is 18.1 Å². The molecule has 108 valence electrons. The Morgan fingerprint density at radius 1 is 1.30 bits per heavy atom. The second-order valence-corrected chi connectivity index (χ2v) is 6.21. The molecule has 0 spiro atoms. The Balaban J connectivity index is 1.77. The van der Waals surface area contributed by atoms with Crippen LogP contribution in [0.3, 0.4) is 0 Å². The molecular weight excluding hydrogens is 248 g/mol. The lowest BCUT2D eigenvalue weighted by atomic mass is 10.1. The summed E-state index contributed by atoms with van der Waals surface area (Å²) in [6.45, 7) is 4.35. The van der Waals surface area contributed by atoms with Crippen LogP contribution in [0, 0.1) is 5.92 Å². The molecule has 1 aromatic rings. The van der Waals surface area contributed by atoms with E-state index in [1.54, 1.807) is 0 Å². The molecule has 2 aliphatic rings. The van der Waals surface area contributed by atoms with Crippen molar-refractivity contribution in [3.63, 3.8) is 0 Å². The molecule has 0 aromatic heterocycles. The fraction of sp³-hybridized carbons (Fsp3) is 0.588. The molecule has 3 unspecified atom stereocenters. The fourth-order valence-corrected chi connectivity index (χ4v) is 3.32. The van der Waals surface area contributed by atoms with Crippen LogP contribution in [-0.4, -0.2) is 23.0 Å². The average molecular weight is 272 g/mol. The van der Waals surface area contributed by atoms with E-state index < -0.39 is 0 Å². The monoisotopic (exact) mass is 272 g/mol. The smallest absolute Gasteiger partial charge is 0.245 e. The highest BCUT2D eigenvalue weighted by Crippen LogP contribution is 2.37. The SMILES string of the molecule is CCC1NC(c2ccccc2)C(=O)N1C(C)CC1CC1. The van der Waals surface area contributed by atoms with E-state index in [4.69, 9.17) is 0 Å². The van der Waals surface area contributed by atoms with Gasteiger partial charge in [0.1, 0.15) is 6.04 Å². The minimum absolute atomic E-state index is 0.164. The third kappa shape index (κ3) is 2.59. The number of rotatable bonds is 5. The van der Waals surface area contributed by atoms with Crippen molar-refractivity contribution in [1.82, 2.24) is 10.2 Å². The lowest BCUT2D eigenvalue weighted by molar-refractivity contribution is -0.132. The van der Waals surface area contributed by atoms with Gasteiger partial charge in [0, 0.05) is 6.04 Å². The number of nitrogens with zero attached hydrogens (tertiary/aromatic N) is 1. The topological polar surface area (TPSA) is 32.3 Å². The van der Waals surface area contributed by atoms with E-state index in [2.05, 4.69) is 24.1 Å². The Hall–Kier alpha value is -1.35. The predicted octanol–water partition coefficient (Wildman–Crippen LogP) is 3.08. The van der Waals surface area contributed by atoms with Crippen LogP contribution in [0.15, 0.2) is 30.3 Å². The molecule has 1 heterocycles. The second kappa shape index (κ2) is 5.57. The first-order valence-electron chi connectivity index (χ1n) is 7.84. The lowest BCUT2D eigenvalue weighted by Crippen LogP contribution is -2.43. The van der Waals surface area contributed by atoms with Gasteiger partial charge in [-0.3, -0.25) is 10.1 Å². The van der Waals surface area contributed by atoms with E-state index in [9.17, 15) is 4.79 Å². The molecule has 0 radical (unpaired) electrons. The van der Waals surface area contributed by atoms with Gasteiger partial charge in [0.25, 0.3) is 0 Å². The fourth-order valence-electron chi connectivity index (χ4n) is 3.32. The zero-order valence-corrected chi connectivity index (χ0v) is 12.4. The zero-order chi connectivity index (χ0) is 14.1. The summed E-state index contributed by atoms with van der Waals surface area (Å²) in [5.74, 6) is 1.10. The molecule has 0 bridgehead atoms. The number of carbonyl (C=O) groups excluding carboxylic acids is 1. The molecule has 1 N–H and O–H groups in total. The molecule has 1 saturated carbocycles. The van der Waals surface area contributed by atoms with E-state index >= 15 is 0 Å². The lowest BCUT2D eigenvalue weighted by Gasteiger charge is -2.29. The van der Waals surface area contributed by atoms with E-state index in [1.165, 1.54) is 12.8 Å². The van der Waals surface area contributed by atoms with Crippen molar-refractivity contribution in [2.45, 2.75) is 57.8 Å². The standard InChI is InChI=1S/C17H24N2O/c1-3-15-18-16(14-7-5-4-6-8-14)17(20)19(15)12(2)11-13-9-10-13/h4-8,12-13,15-16,18H,3,9-11H2,1-2H3. The van der Waals surface area contributed by atoms with Gasteiger partial charge >= 0.3 is 0 Å². The minimum Gasteiger partial charge on any atom is -0.323 e. The maximum atomic E-state index is 12.8. The molecule has 1 amide bonds. The molecule has 2 fully saturated rings. The van der Waals surface area contributed by atoms with Gasteiger partial charge in [-0.05, 0) is 31.2 Å². The van der Waals surface area contributed by atoms with Crippen molar-refractivity contribution in [1.29, 1.82) is 0 Å². The molecule has 1 saturated heterocycles. The quantitative estimate of drug-likeness (QED) is 0.893. The normalized spacial score (nSPS) is 27.9. The van der Waals surface area contributed by atoms with Crippen LogP contribution in [-0.2, 0) is 4.79 Å². The average Bonchev–Trinajstić information content (AvgIpc) is 3.21. The van der Waals surface area contributed by atoms with Gasteiger partial charge in [0.05, 0.1) is 6.17 Å². The summed E-state index contributed by atoms with van der Waals surface area (Å²) in [6.07, 6.45) is 4.99. The molecule has 3 rings (SSSR count). The summed E-state index contributed by atoms with van der Waals surface area (Å²) in [5.41, 5.74) is 1.08. The van der Waals surface area contributed by atoms with Crippen molar-refractivity contribution >= 4 is 5.91 Å². The van der Waals surface area contributed by atoms with Gasteiger partial charge < -0.3 is 4.90 Å². The highest BCUT2D eigenvalue weighted by Gasteiger charge is 2.42. The van der Waals surface area contributed by atoms with Crippen molar-refractivity contribution in [3.8, 4) is 0 Å². The number of benzene rings is 1. The second-order valence-electron chi connectivity index (χ2n) is 6.21. The molecule has 3 nitrogen and oxygen atoms in total. The Labute approximate surface area is 121 Å². The van der Waals surface area contributed by atoms with Crippen molar-refractivity contribution in [2.75, 3.05) is 0 Å². The highest BCUT2D eigenvalue weighted by atomic mass is 16.2. The van der Waals surface area contributed by atoms with Crippen LogP contribution in [0.25, 0.3) is 0 Å². The largest absolute Gasteiger partial charge is 0.323 e. The number of nitrogens with one attached hydrogen (secondary N) is 1. The van der Waals surface area contributed by atoms with Crippen LogP contribution < -0.4 is 5.32 Å². The van der Waals surface area contributed by atoms with Gasteiger partial charge in [0.15, 0.2) is 0 Å². The highest BCUT2D eigenvalue weighted by molar-refractivity contribution is 5.86. The summed E-state index contributed by atoms with van der Waals surface area (Å²) in [7, 11) is 0. The molecule has 3 heteroatoms. The molecule has 20 heavy (non-hydrogen) atoms. The van der Waals surface area contributed by atoms with Crippen molar-refractivity contribution in [2.24, 2.45) is 5.92 Å². The van der Waals surface area contributed by atoms with E-state index in [0.717, 1.165) is 24.3 Å². The summed E-state index contributed by atoms with van der Waals surface area (Å²) >= 11 is 0. The Bertz CT molecular complexity index is 469. The Morgan fingerprint density at radius 2 is 2.00 bits per heavy atom. The first-order valence-corrected chi connectivity index (χ1v) is 7.84. The number of hydrogen-bond acceptors (Lipinski definition) is 2. The Morgan fingerprint density at radius 3 is 2.60 bits per heavy atom. The van der Waals surface area contributed by atoms with Gasteiger partial charge in [-0.25, -0.2) is 0 Å². The van der Waals surface area contributed by atoms with Gasteiger partial charge in [-0.2, -0.15) is 0 Å². The number of hydrogen-bond donors (Lipinski definition) is 1. The Kier molecular flexibility index (Phi) is 3.79. The van der Waals surface area contributed by atoms with Crippen LogP contribution >= 0.6 is 0 Å². The minimum atomic E-state index is -0.164. The van der Waals surface area contributed by atoms with Gasteiger partial charge in [0.2, 0.25) is 5.91 Å². The summed E-state index contributed by atoms with van der Waals surface area (Å²) in [6, 6.07) is 10.3. The maximum Gasteiger partial charge on any atom is 0.245 e. The first-order chi connectivity index (χ1) is 9.70. The molecule has 3 atom stereocenters. The zero-order valence-electron chi connectivity index (χ0n) is 12.4.